The van der Waals surface area contributed by atoms with Gasteiger partial charge >= 0.3 is 12.1 Å². The van der Waals surface area contributed by atoms with Gasteiger partial charge in [0.15, 0.2) is 0 Å². The topological polar surface area (TPSA) is 50.2 Å². The van der Waals surface area contributed by atoms with E-state index in [2.05, 4.69) is 4.98 Å². The monoisotopic (exact) mass is 267 g/mol. The molecule has 0 fully saturated rings. The van der Waals surface area contributed by atoms with Gasteiger partial charge in [-0.05, 0) is 6.07 Å². The summed E-state index contributed by atoms with van der Waals surface area (Å²) in [4.78, 5) is 14.6. The summed E-state index contributed by atoms with van der Waals surface area (Å²) in [7, 11) is 0. The van der Waals surface area contributed by atoms with Crippen molar-refractivity contribution in [1.29, 1.82) is 0 Å². The molecule has 1 N–H and O–H groups in total. The largest absolute Gasteiger partial charge is 0.478 e. The summed E-state index contributed by atoms with van der Waals surface area (Å²) in [6.07, 6.45) is -3.73. The molecular weight excluding hydrogens is 259 g/mol. The quantitative estimate of drug-likeness (QED) is 0.906. The van der Waals surface area contributed by atoms with Gasteiger partial charge in [-0.25, -0.2) is 4.79 Å². The molecule has 0 saturated carbocycles. The lowest BCUT2D eigenvalue weighted by Gasteiger charge is -2.14. The summed E-state index contributed by atoms with van der Waals surface area (Å²) >= 11 is 0. The number of carbonyl (C=O) groups is 1. The molecule has 2 rings (SSSR count). The van der Waals surface area contributed by atoms with Crippen LogP contribution in [0.5, 0.6) is 0 Å². The molecule has 0 saturated heterocycles. The summed E-state index contributed by atoms with van der Waals surface area (Å²) in [6.45, 7) is 0. The zero-order valence-electron chi connectivity index (χ0n) is 9.48. The standard InChI is InChI=1S/C13H8F3NO2/c14-13(15,16)10-9(12(18)19)6-7-17-11(10)8-4-2-1-3-5-8/h1-7H,(H,18,19). The first-order chi connectivity index (χ1) is 8.91. The summed E-state index contributed by atoms with van der Waals surface area (Å²) < 4.78 is 39.2. The van der Waals surface area contributed by atoms with Gasteiger partial charge in [0.2, 0.25) is 0 Å². The number of hydrogen-bond donors (Lipinski definition) is 1. The lowest BCUT2D eigenvalue weighted by atomic mass is 10.0. The molecule has 0 aliphatic carbocycles. The average Bonchev–Trinajstić information content (AvgIpc) is 2.38. The van der Waals surface area contributed by atoms with E-state index >= 15 is 0 Å². The third-order valence-corrected chi connectivity index (χ3v) is 2.51. The predicted octanol–water partition coefficient (Wildman–Crippen LogP) is 3.47. The number of carboxylic acid groups (broad SMARTS) is 1. The van der Waals surface area contributed by atoms with Crippen molar-refractivity contribution in [3.63, 3.8) is 0 Å². The molecule has 0 aliphatic rings. The van der Waals surface area contributed by atoms with Crippen LogP contribution in [0.1, 0.15) is 15.9 Å². The molecule has 2 aromatic rings. The van der Waals surface area contributed by atoms with Crippen LogP contribution in [0.4, 0.5) is 13.2 Å². The van der Waals surface area contributed by atoms with Crippen molar-refractivity contribution in [2.45, 2.75) is 6.18 Å². The zero-order valence-corrected chi connectivity index (χ0v) is 9.48. The van der Waals surface area contributed by atoms with Crippen molar-refractivity contribution in [3.05, 3.63) is 53.7 Å². The maximum atomic E-state index is 13.1. The van der Waals surface area contributed by atoms with Crippen molar-refractivity contribution < 1.29 is 23.1 Å². The molecule has 0 atom stereocenters. The maximum Gasteiger partial charge on any atom is 0.419 e. The number of rotatable bonds is 2. The second kappa shape index (κ2) is 4.72. The molecule has 0 amide bonds. The molecular formula is C13H8F3NO2. The molecule has 0 bridgehead atoms. The van der Waals surface area contributed by atoms with Crippen molar-refractivity contribution in [3.8, 4) is 11.3 Å². The summed E-state index contributed by atoms with van der Waals surface area (Å²) in [5.41, 5.74) is -2.19. The van der Waals surface area contributed by atoms with E-state index in [4.69, 9.17) is 5.11 Å². The number of nitrogens with zero attached hydrogens (tertiary/aromatic N) is 1. The highest BCUT2D eigenvalue weighted by molar-refractivity contribution is 5.91. The van der Waals surface area contributed by atoms with E-state index in [1.54, 1.807) is 18.2 Å². The van der Waals surface area contributed by atoms with Crippen LogP contribution in [0.15, 0.2) is 42.6 Å². The van der Waals surface area contributed by atoms with Crippen LogP contribution >= 0.6 is 0 Å². The van der Waals surface area contributed by atoms with Crippen molar-refractivity contribution in [2.75, 3.05) is 0 Å². The molecule has 1 heterocycles. The zero-order chi connectivity index (χ0) is 14.0. The molecule has 0 spiro atoms. The number of halogens is 3. The van der Waals surface area contributed by atoms with Gasteiger partial charge in [0.05, 0.1) is 16.8 Å². The summed E-state index contributed by atoms with van der Waals surface area (Å²) in [6, 6.07) is 8.51. The van der Waals surface area contributed by atoms with Crippen molar-refractivity contribution in [2.24, 2.45) is 0 Å². The Balaban J connectivity index is 2.75. The third kappa shape index (κ3) is 2.57. The number of aromatic nitrogens is 1. The first-order valence-corrected chi connectivity index (χ1v) is 5.26. The number of benzene rings is 1. The van der Waals surface area contributed by atoms with E-state index in [0.717, 1.165) is 12.3 Å². The highest BCUT2D eigenvalue weighted by Gasteiger charge is 2.39. The lowest BCUT2D eigenvalue weighted by Crippen LogP contribution is -2.15. The predicted molar refractivity (Wildman–Crippen MR) is 61.6 cm³/mol. The van der Waals surface area contributed by atoms with E-state index in [0.29, 0.717) is 0 Å². The minimum atomic E-state index is -4.78. The molecule has 1 aromatic carbocycles. The Morgan fingerprint density at radius 3 is 2.26 bits per heavy atom. The molecule has 1 aromatic heterocycles. The second-order valence-corrected chi connectivity index (χ2v) is 3.75. The van der Waals surface area contributed by atoms with Gasteiger partial charge in [0.25, 0.3) is 0 Å². The minimum Gasteiger partial charge on any atom is -0.478 e. The summed E-state index contributed by atoms with van der Waals surface area (Å²) in [5.74, 6) is -1.63. The average molecular weight is 267 g/mol. The Bertz CT molecular complexity index is 609. The molecule has 6 heteroatoms. The van der Waals surface area contributed by atoms with Crippen LogP contribution in [0.3, 0.4) is 0 Å². The van der Waals surface area contributed by atoms with Crippen LogP contribution in [0.2, 0.25) is 0 Å². The van der Waals surface area contributed by atoms with E-state index in [1.807, 2.05) is 0 Å². The fourth-order valence-corrected chi connectivity index (χ4v) is 1.74. The third-order valence-electron chi connectivity index (χ3n) is 2.51. The SMILES string of the molecule is O=C(O)c1ccnc(-c2ccccc2)c1C(F)(F)F. The molecule has 3 nitrogen and oxygen atoms in total. The van der Waals surface area contributed by atoms with Gasteiger partial charge in [-0.2, -0.15) is 13.2 Å². The van der Waals surface area contributed by atoms with Gasteiger partial charge in [-0.3, -0.25) is 4.98 Å². The maximum absolute atomic E-state index is 13.1. The van der Waals surface area contributed by atoms with Crippen LogP contribution in [0.25, 0.3) is 11.3 Å². The Morgan fingerprint density at radius 1 is 1.11 bits per heavy atom. The van der Waals surface area contributed by atoms with Crippen molar-refractivity contribution >= 4 is 5.97 Å². The molecule has 19 heavy (non-hydrogen) atoms. The van der Waals surface area contributed by atoms with Gasteiger partial charge in [-0.15, -0.1) is 0 Å². The molecule has 0 radical (unpaired) electrons. The van der Waals surface area contributed by atoms with E-state index in [-0.39, 0.29) is 11.3 Å². The van der Waals surface area contributed by atoms with Crippen molar-refractivity contribution in [1.82, 2.24) is 4.98 Å². The van der Waals surface area contributed by atoms with Crippen LogP contribution < -0.4 is 0 Å². The highest BCUT2D eigenvalue weighted by atomic mass is 19.4. The van der Waals surface area contributed by atoms with Gasteiger partial charge in [0.1, 0.15) is 0 Å². The number of hydrogen-bond acceptors (Lipinski definition) is 2. The molecule has 98 valence electrons. The van der Waals surface area contributed by atoms with E-state index in [1.165, 1.54) is 12.1 Å². The van der Waals surface area contributed by atoms with Gasteiger partial charge in [-0.1, -0.05) is 30.3 Å². The number of alkyl halides is 3. The minimum absolute atomic E-state index is 0.220. The van der Waals surface area contributed by atoms with Crippen LogP contribution in [-0.4, -0.2) is 16.1 Å². The Hall–Kier alpha value is -2.37. The fourth-order valence-electron chi connectivity index (χ4n) is 1.74. The summed E-state index contributed by atoms with van der Waals surface area (Å²) in [5, 5.41) is 8.87. The first kappa shape index (κ1) is 13.1. The smallest absolute Gasteiger partial charge is 0.419 e. The number of aromatic carboxylic acids is 1. The van der Waals surface area contributed by atoms with Gasteiger partial charge in [0, 0.05) is 11.8 Å². The molecule has 0 aliphatic heterocycles. The Morgan fingerprint density at radius 2 is 1.74 bits per heavy atom. The Labute approximate surface area is 106 Å². The molecule has 0 unspecified atom stereocenters. The van der Waals surface area contributed by atoms with Crippen LogP contribution in [-0.2, 0) is 6.18 Å². The number of pyridine rings is 1. The Kier molecular flexibility index (Phi) is 3.25. The van der Waals surface area contributed by atoms with E-state index < -0.39 is 23.3 Å². The second-order valence-electron chi connectivity index (χ2n) is 3.75. The van der Waals surface area contributed by atoms with Gasteiger partial charge < -0.3 is 5.11 Å². The normalized spacial score (nSPS) is 11.3. The fraction of sp³-hybridized carbons (Fsp3) is 0.0769. The highest BCUT2D eigenvalue weighted by Crippen LogP contribution is 2.38. The first-order valence-electron chi connectivity index (χ1n) is 5.26. The number of carboxylic acids is 1. The van der Waals surface area contributed by atoms with E-state index in [9.17, 15) is 18.0 Å². The lowest BCUT2D eigenvalue weighted by molar-refractivity contribution is -0.137. The van der Waals surface area contributed by atoms with Crippen LogP contribution in [0, 0.1) is 0 Å².